The first kappa shape index (κ1) is 34.7. The van der Waals surface area contributed by atoms with Gasteiger partial charge in [0.25, 0.3) is 0 Å². The number of anilines is 3. The van der Waals surface area contributed by atoms with Gasteiger partial charge in [-0.2, -0.15) is 83.8 Å². The Morgan fingerprint density at radius 1 is 0.536 bits per heavy atom. The summed E-state index contributed by atoms with van der Waals surface area (Å²) in [5.74, 6) is 0. The Hall–Kier alpha value is -5.74. The van der Waals surface area contributed by atoms with Gasteiger partial charge >= 0.3 is 0 Å². The molecule has 6 heteroatoms. The van der Waals surface area contributed by atoms with Crippen LogP contribution in [0.4, 0.5) is 17.1 Å². The smallest absolute Gasteiger partial charge is 0.131 e. The van der Waals surface area contributed by atoms with Gasteiger partial charge in [0.15, 0.2) is 0 Å². The Labute approximate surface area is 345 Å². The zero-order chi connectivity index (χ0) is 36.5. The summed E-state index contributed by atoms with van der Waals surface area (Å²) in [6.45, 7) is 2.16. The van der Waals surface area contributed by atoms with Crippen molar-refractivity contribution >= 4 is 99.2 Å². The van der Waals surface area contributed by atoms with Crippen molar-refractivity contribution in [2.24, 2.45) is 0 Å². The minimum atomic E-state index is -3.05. The first-order valence-electron chi connectivity index (χ1n) is 18.6. The van der Waals surface area contributed by atoms with Gasteiger partial charge in [0.2, 0.25) is 0 Å². The molecule has 0 atom stereocenters. The molecule has 10 aromatic rings. The quantitative estimate of drug-likeness (QED) is 0.0940. The van der Waals surface area contributed by atoms with E-state index in [2.05, 4.69) is 210 Å². The van der Waals surface area contributed by atoms with Crippen LogP contribution >= 0.6 is 11.3 Å². The zero-order valence-corrected chi connectivity index (χ0v) is 33.8. The maximum absolute atomic E-state index is 4.19. The summed E-state index contributed by atoms with van der Waals surface area (Å²) in [6, 6.07) is 75.7. The minimum Gasteiger partial charge on any atom is -0.504 e. The van der Waals surface area contributed by atoms with Crippen LogP contribution in [0.15, 0.2) is 176 Å². The fourth-order valence-electron chi connectivity index (χ4n) is 8.80. The van der Waals surface area contributed by atoms with Gasteiger partial charge in [-0.25, -0.2) is 0 Å². The monoisotopic (exact) mass is 841 g/mol. The summed E-state index contributed by atoms with van der Waals surface area (Å²) in [4.78, 5) is 4.45. The predicted octanol–water partition coefficient (Wildman–Crippen LogP) is 9.63. The molecule has 11 rings (SSSR count). The molecule has 0 saturated heterocycles. The van der Waals surface area contributed by atoms with E-state index in [1.165, 1.54) is 62.9 Å². The molecule has 0 unspecified atom stereocenters. The largest absolute Gasteiger partial charge is 0.504 e. The Morgan fingerprint density at radius 3 is 1.96 bits per heavy atom. The number of aromatic nitrogens is 1. The third kappa shape index (κ3) is 5.18. The number of para-hydroxylation sites is 3. The molecule has 0 radical (unpaired) electrons. The predicted molar refractivity (Wildman–Crippen MR) is 235 cm³/mol. The molecule has 1 aliphatic rings. The van der Waals surface area contributed by atoms with Crippen LogP contribution in [0.2, 0.25) is 0 Å². The van der Waals surface area contributed by atoms with E-state index in [1.54, 1.807) is 0 Å². The van der Waals surface area contributed by atoms with Crippen LogP contribution in [0.25, 0.3) is 47.7 Å². The molecular formula is C50H33N3PdSSi-4. The second-order valence-electron chi connectivity index (χ2n) is 14.2. The number of benzene rings is 8. The number of thiophene rings is 1. The molecule has 0 aliphatic carbocycles. The Bertz CT molecular complexity index is 3010. The average molecular weight is 842 g/mol. The van der Waals surface area contributed by atoms with Gasteiger partial charge in [-0.15, -0.1) is 28.5 Å². The molecular weight excluding hydrogens is 809 g/mol. The van der Waals surface area contributed by atoms with E-state index in [9.17, 15) is 0 Å². The van der Waals surface area contributed by atoms with Crippen LogP contribution in [-0.2, 0) is 20.4 Å². The van der Waals surface area contributed by atoms with Gasteiger partial charge in [-0.05, 0) is 47.1 Å². The van der Waals surface area contributed by atoms with E-state index in [0.717, 1.165) is 22.6 Å². The summed E-state index contributed by atoms with van der Waals surface area (Å²) in [5, 5.41) is 9.90. The number of fused-ring (bicyclic) bond motifs is 8. The second kappa shape index (κ2) is 13.8. The molecule has 56 heavy (non-hydrogen) atoms. The Morgan fingerprint density at radius 2 is 1.20 bits per heavy atom. The number of hydrogen-bond acceptors (Lipinski definition) is 3. The fraction of sp³-hybridized carbons (Fsp3) is 0.0200. The number of hydrogen-bond donors (Lipinski definition) is 0. The first-order chi connectivity index (χ1) is 27.2. The van der Waals surface area contributed by atoms with Crippen molar-refractivity contribution in [1.82, 2.24) is 4.57 Å². The van der Waals surface area contributed by atoms with Gasteiger partial charge in [-0.1, -0.05) is 108 Å². The van der Waals surface area contributed by atoms with Crippen molar-refractivity contribution in [2.75, 3.05) is 16.8 Å². The van der Waals surface area contributed by atoms with Gasteiger partial charge < -0.3 is 14.4 Å². The van der Waals surface area contributed by atoms with Gasteiger partial charge in [0.1, 0.15) is 8.07 Å². The third-order valence-corrected chi connectivity index (χ3v) is 16.9. The van der Waals surface area contributed by atoms with Gasteiger partial charge in [0, 0.05) is 57.5 Å². The fourth-order valence-corrected chi connectivity index (χ4v) is 14.5. The molecule has 8 aromatic carbocycles. The second-order valence-corrected chi connectivity index (χ2v) is 19.0. The molecule has 3 heterocycles. The van der Waals surface area contributed by atoms with E-state index >= 15 is 0 Å². The molecule has 0 fully saturated rings. The minimum absolute atomic E-state index is 0. The topological polar surface area (TPSA) is 11.4 Å². The summed E-state index contributed by atoms with van der Waals surface area (Å²) in [5.41, 5.74) is 6.60. The normalized spacial score (nSPS) is 12.8. The number of rotatable bonds is 6. The van der Waals surface area contributed by atoms with Gasteiger partial charge in [-0.3, -0.25) is 0 Å². The van der Waals surface area contributed by atoms with E-state index in [4.69, 9.17) is 0 Å². The summed E-state index contributed by atoms with van der Waals surface area (Å²) >= 11 is 1.86. The van der Waals surface area contributed by atoms with Crippen LogP contribution in [0.5, 0.6) is 0 Å². The Kier molecular flexibility index (Phi) is 8.54. The molecule has 0 spiro atoms. The van der Waals surface area contributed by atoms with Crippen molar-refractivity contribution in [3.8, 4) is 5.69 Å². The van der Waals surface area contributed by atoms with Crippen LogP contribution in [0, 0.1) is 24.9 Å². The van der Waals surface area contributed by atoms with Crippen molar-refractivity contribution in [2.45, 2.75) is 0 Å². The summed E-state index contributed by atoms with van der Waals surface area (Å²) < 4.78 is 4.99. The van der Waals surface area contributed by atoms with Crippen molar-refractivity contribution in [3.05, 3.63) is 201 Å². The van der Waals surface area contributed by atoms with Crippen LogP contribution in [-0.4, -0.2) is 19.7 Å². The summed E-state index contributed by atoms with van der Waals surface area (Å²) in [7, 11) is -0.945. The summed E-state index contributed by atoms with van der Waals surface area (Å²) in [6.07, 6.45) is 0. The molecule has 2 aromatic heterocycles. The Balaban J connectivity index is 0.00000384. The van der Waals surface area contributed by atoms with Crippen LogP contribution < -0.4 is 30.5 Å². The van der Waals surface area contributed by atoms with Crippen molar-refractivity contribution in [1.29, 1.82) is 0 Å². The van der Waals surface area contributed by atoms with E-state index < -0.39 is 8.07 Å². The average Bonchev–Trinajstić information content (AvgIpc) is 3.91. The van der Waals surface area contributed by atoms with Crippen molar-refractivity contribution in [3.63, 3.8) is 0 Å². The van der Waals surface area contributed by atoms with E-state index in [0.29, 0.717) is 0 Å². The molecule has 3 nitrogen and oxygen atoms in total. The maximum Gasteiger partial charge on any atom is 0.131 e. The molecule has 0 amide bonds. The van der Waals surface area contributed by atoms with E-state index in [-0.39, 0.29) is 20.4 Å². The molecule has 0 N–H and O–H groups in total. The third-order valence-electron chi connectivity index (χ3n) is 11.2. The van der Waals surface area contributed by atoms with Crippen molar-refractivity contribution < 1.29 is 20.4 Å². The molecule has 1 aliphatic heterocycles. The SMILES string of the molecule is CN1[CH-]N(c2[c-]c([Si](c3[c-]c4c(cc3)c3ccc5sc6ccccc6c5c3n4-c3[c-]cccc3)(c3ccccc3)c3ccccc3)ccc2)c2ccccc21.[Pd]. The zero-order valence-electron chi connectivity index (χ0n) is 30.4. The van der Waals surface area contributed by atoms with Crippen LogP contribution in [0.1, 0.15) is 0 Å². The van der Waals surface area contributed by atoms with E-state index in [1.807, 2.05) is 23.5 Å². The molecule has 272 valence electrons. The maximum atomic E-state index is 4.19. The standard InChI is InChI=1S/C50H33N3SSi.Pd/c1-51-34-52(45-26-13-12-25-44(45)51)36-18-15-23-39(32-36)55(37-19-7-3-8-20-37,38-21-9-4-10-22-38)40-28-29-41-42-30-31-48-49(43-24-11-14-27-47(43)54-48)50(42)53(46(41)33-40)35-16-5-2-6-17-35;/h2-16,18-31,34H,1H3;/q-4;. The number of nitrogens with zero attached hydrogens (tertiary/aromatic N) is 3. The van der Waals surface area contributed by atoms with Crippen LogP contribution in [0.3, 0.4) is 0 Å². The molecule has 0 saturated carbocycles. The molecule has 0 bridgehead atoms. The van der Waals surface area contributed by atoms with Gasteiger partial charge in [0.05, 0.1) is 0 Å². The first-order valence-corrected chi connectivity index (χ1v) is 21.4.